The number of benzene rings is 1. The van der Waals surface area contributed by atoms with Crippen molar-refractivity contribution >= 4 is 11.0 Å². The molecular weight excluding hydrogens is 236 g/mol. The first kappa shape index (κ1) is 14.1. The molecule has 1 aromatic heterocycles. The zero-order valence-electron chi connectivity index (χ0n) is 12.4. The summed E-state index contributed by atoms with van der Waals surface area (Å²) in [6, 6.07) is 8.23. The lowest BCUT2D eigenvalue weighted by molar-refractivity contribution is 0.246. The third-order valence-electron chi connectivity index (χ3n) is 3.67. The van der Waals surface area contributed by atoms with E-state index in [-0.39, 0.29) is 5.54 Å². The normalized spacial score (nSPS) is 12.5. The third kappa shape index (κ3) is 3.58. The fraction of sp³-hybridized carbons (Fsp3) is 0.500. The fourth-order valence-corrected chi connectivity index (χ4v) is 2.37. The van der Waals surface area contributed by atoms with Crippen molar-refractivity contribution in [1.82, 2.24) is 10.2 Å². The second kappa shape index (κ2) is 5.76. The molecule has 0 fully saturated rings. The fourth-order valence-electron chi connectivity index (χ4n) is 2.37. The van der Waals surface area contributed by atoms with Gasteiger partial charge >= 0.3 is 0 Å². The topological polar surface area (TPSA) is 28.4 Å². The smallest absolute Gasteiger partial charge is 0.134 e. The summed E-state index contributed by atoms with van der Waals surface area (Å²) in [6.07, 6.45) is 2.91. The van der Waals surface area contributed by atoms with Crippen molar-refractivity contribution in [3.63, 3.8) is 0 Å². The van der Waals surface area contributed by atoms with Gasteiger partial charge in [0.15, 0.2) is 0 Å². The SMILES string of the molecule is CNC(C)(C)CN(C)CCc1coc2ccccc12. The van der Waals surface area contributed by atoms with E-state index in [2.05, 4.69) is 43.2 Å². The number of hydrogen-bond acceptors (Lipinski definition) is 3. The second-order valence-corrected chi connectivity index (χ2v) is 5.88. The van der Waals surface area contributed by atoms with Crippen LogP contribution in [0, 0.1) is 0 Å². The molecule has 104 valence electrons. The van der Waals surface area contributed by atoms with E-state index in [1.165, 1.54) is 10.9 Å². The number of furan rings is 1. The van der Waals surface area contributed by atoms with Crippen molar-refractivity contribution < 1.29 is 4.42 Å². The average molecular weight is 260 g/mol. The minimum atomic E-state index is 0.146. The Morgan fingerprint density at radius 1 is 1.26 bits per heavy atom. The number of para-hydroxylation sites is 1. The summed E-state index contributed by atoms with van der Waals surface area (Å²) in [5.74, 6) is 0. The summed E-state index contributed by atoms with van der Waals surface area (Å²) in [4.78, 5) is 2.36. The van der Waals surface area contributed by atoms with E-state index in [4.69, 9.17) is 4.42 Å². The van der Waals surface area contributed by atoms with Crippen molar-refractivity contribution in [1.29, 1.82) is 0 Å². The molecule has 0 aliphatic carbocycles. The molecule has 0 saturated heterocycles. The Kier molecular flexibility index (Phi) is 4.27. The van der Waals surface area contributed by atoms with Crippen molar-refractivity contribution in [2.75, 3.05) is 27.2 Å². The van der Waals surface area contributed by atoms with Crippen LogP contribution >= 0.6 is 0 Å². The van der Waals surface area contributed by atoms with Crippen LogP contribution in [0.3, 0.4) is 0 Å². The molecule has 2 rings (SSSR count). The van der Waals surface area contributed by atoms with Crippen molar-refractivity contribution in [3.8, 4) is 0 Å². The van der Waals surface area contributed by atoms with Gasteiger partial charge in [-0.2, -0.15) is 0 Å². The zero-order chi connectivity index (χ0) is 13.9. The van der Waals surface area contributed by atoms with Gasteiger partial charge in [0.05, 0.1) is 6.26 Å². The van der Waals surface area contributed by atoms with E-state index >= 15 is 0 Å². The maximum Gasteiger partial charge on any atom is 0.134 e. The van der Waals surface area contributed by atoms with Gasteiger partial charge in [-0.25, -0.2) is 0 Å². The quantitative estimate of drug-likeness (QED) is 0.865. The van der Waals surface area contributed by atoms with Crippen LogP contribution in [0.5, 0.6) is 0 Å². The number of nitrogens with one attached hydrogen (secondary N) is 1. The highest BCUT2D eigenvalue weighted by Crippen LogP contribution is 2.21. The second-order valence-electron chi connectivity index (χ2n) is 5.88. The first-order chi connectivity index (χ1) is 9.02. The molecule has 0 spiro atoms. The van der Waals surface area contributed by atoms with Gasteiger partial charge in [-0.1, -0.05) is 18.2 Å². The molecule has 0 unspecified atom stereocenters. The van der Waals surface area contributed by atoms with Gasteiger partial charge in [-0.15, -0.1) is 0 Å². The summed E-state index contributed by atoms with van der Waals surface area (Å²) >= 11 is 0. The lowest BCUT2D eigenvalue weighted by atomic mass is 10.1. The number of rotatable bonds is 6. The molecule has 0 amide bonds. The standard InChI is InChI=1S/C16H24N2O/c1-16(2,17-3)12-18(4)10-9-13-11-19-15-8-6-5-7-14(13)15/h5-8,11,17H,9-10,12H2,1-4H3. The Morgan fingerprint density at radius 2 is 2.00 bits per heavy atom. The predicted octanol–water partition coefficient (Wildman–Crippen LogP) is 2.91. The van der Waals surface area contributed by atoms with Gasteiger partial charge in [-0.05, 0) is 46.0 Å². The Labute approximate surface area is 115 Å². The summed E-state index contributed by atoms with van der Waals surface area (Å²) in [7, 11) is 4.18. The van der Waals surface area contributed by atoms with Gasteiger partial charge in [0, 0.05) is 24.0 Å². The van der Waals surface area contributed by atoms with Crippen molar-refractivity contribution in [3.05, 3.63) is 36.1 Å². The van der Waals surface area contributed by atoms with E-state index < -0.39 is 0 Å². The largest absolute Gasteiger partial charge is 0.464 e. The summed E-state index contributed by atoms with van der Waals surface area (Å²) in [5.41, 5.74) is 2.42. The van der Waals surface area contributed by atoms with Gasteiger partial charge in [-0.3, -0.25) is 0 Å². The molecule has 19 heavy (non-hydrogen) atoms. The van der Waals surface area contributed by atoms with Crippen LogP contribution in [-0.2, 0) is 6.42 Å². The third-order valence-corrected chi connectivity index (χ3v) is 3.67. The lowest BCUT2D eigenvalue weighted by Crippen LogP contribution is -2.46. The molecule has 1 N–H and O–H groups in total. The monoisotopic (exact) mass is 260 g/mol. The lowest BCUT2D eigenvalue weighted by Gasteiger charge is -2.29. The molecule has 0 saturated carbocycles. The summed E-state index contributed by atoms with van der Waals surface area (Å²) < 4.78 is 5.57. The van der Waals surface area contributed by atoms with E-state index in [9.17, 15) is 0 Å². The molecule has 3 heteroatoms. The highest BCUT2D eigenvalue weighted by atomic mass is 16.3. The maximum absolute atomic E-state index is 5.57. The van der Waals surface area contributed by atoms with Gasteiger partial charge in [0.2, 0.25) is 0 Å². The van der Waals surface area contributed by atoms with Crippen LogP contribution in [0.25, 0.3) is 11.0 Å². The Bertz CT molecular complexity index is 530. The maximum atomic E-state index is 5.57. The number of likely N-dealkylation sites (N-methyl/N-ethyl adjacent to an activating group) is 2. The summed E-state index contributed by atoms with van der Waals surface area (Å²) in [6.45, 7) is 6.50. The first-order valence-electron chi connectivity index (χ1n) is 6.84. The molecule has 2 aromatic rings. The van der Waals surface area contributed by atoms with Crippen LogP contribution in [0.1, 0.15) is 19.4 Å². The molecule has 0 aliphatic heterocycles. The van der Waals surface area contributed by atoms with E-state index in [1.54, 1.807) is 0 Å². The van der Waals surface area contributed by atoms with Gasteiger partial charge in [0.25, 0.3) is 0 Å². The van der Waals surface area contributed by atoms with Crippen LogP contribution in [0.4, 0.5) is 0 Å². The molecule has 0 radical (unpaired) electrons. The summed E-state index contributed by atoms with van der Waals surface area (Å²) in [5, 5.41) is 4.57. The first-order valence-corrected chi connectivity index (χ1v) is 6.84. The van der Waals surface area contributed by atoms with Gasteiger partial charge < -0.3 is 14.6 Å². The average Bonchev–Trinajstić information content (AvgIpc) is 2.79. The molecule has 0 aliphatic rings. The minimum absolute atomic E-state index is 0.146. The minimum Gasteiger partial charge on any atom is -0.464 e. The highest BCUT2D eigenvalue weighted by molar-refractivity contribution is 5.80. The molecule has 0 atom stereocenters. The Hall–Kier alpha value is -1.32. The number of hydrogen-bond donors (Lipinski definition) is 1. The zero-order valence-corrected chi connectivity index (χ0v) is 12.4. The molecule has 1 heterocycles. The molecule has 1 aromatic carbocycles. The predicted molar refractivity (Wildman–Crippen MR) is 80.6 cm³/mol. The molecular formula is C16H24N2O. The number of fused-ring (bicyclic) bond motifs is 1. The molecule has 0 bridgehead atoms. The van der Waals surface area contributed by atoms with Crippen LogP contribution in [-0.4, -0.2) is 37.6 Å². The van der Waals surface area contributed by atoms with Crippen molar-refractivity contribution in [2.45, 2.75) is 25.8 Å². The highest BCUT2D eigenvalue weighted by Gasteiger charge is 2.17. The van der Waals surface area contributed by atoms with Crippen LogP contribution in [0.15, 0.2) is 34.9 Å². The molecule has 3 nitrogen and oxygen atoms in total. The van der Waals surface area contributed by atoms with Crippen molar-refractivity contribution in [2.24, 2.45) is 0 Å². The van der Waals surface area contributed by atoms with Crippen LogP contribution in [0.2, 0.25) is 0 Å². The Balaban J connectivity index is 1.95. The Morgan fingerprint density at radius 3 is 2.74 bits per heavy atom. The van der Waals surface area contributed by atoms with E-state index in [1.807, 2.05) is 25.4 Å². The van der Waals surface area contributed by atoms with Crippen LogP contribution < -0.4 is 5.32 Å². The van der Waals surface area contributed by atoms with Gasteiger partial charge in [0.1, 0.15) is 5.58 Å². The number of nitrogens with zero attached hydrogens (tertiary/aromatic N) is 1. The van der Waals surface area contributed by atoms with E-state index in [0.29, 0.717) is 0 Å². The van der Waals surface area contributed by atoms with E-state index in [0.717, 1.165) is 25.1 Å².